The summed E-state index contributed by atoms with van der Waals surface area (Å²) in [5, 5.41) is 5.50. The molecule has 0 aliphatic rings. The van der Waals surface area contributed by atoms with Crippen molar-refractivity contribution in [3.8, 4) is 0 Å². The number of aromatic nitrogens is 2. The lowest BCUT2D eigenvalue weighted by molar-refractivity contribution is -0.117. The van der Waals surface area contributed by atoms with Crippen LogP contribution >= 0.6 is 11.6 Å². The average Bonchev–Trinajstić information content (AvgIpc) is 2.73. The Labute approximate surface area is 172 Å². The van der Waals surface area contributed by atoms with E-state index in [-0.39, 0.29) is 11.3 Å². The number of fused-ring (bicyclic) bond motifs is 1. The fourth-order valence-corrected chi connectivity index (χ4v) is 2.96. The summed E-state index contributed by atoms with van der Waals surface area (Å²) >= 11 is 6.04. The second-order valence-corrected chi connectivity index (χ2v) is 6.63. The van der Waals surface area contributed by atoms with Gasteiger partial charge in [0, 0.05) is 23.0 Å². The molecule has 0 spiro atoms. The van der Waals surface area contributed by atoms with E-state index in [9.17, 15) is 14.4 Å². The molecule has 0 radical (unpaired) electrons. The van der Waals surface area contributed by atoms with Crippen LogP contribution in [-0.2, 0) is 11.3 Å². The molecular formula is C21H19ClN4O3. The first kappa shape index (κ1) is 20.3. The number of halogens is 1. The summed E-state index contributed by atoms with van der Waals surface area (Å²) in [4.78, 5) is 37.1. The smallest absolute Gasteiger partial charge is 0.268 e. The van der Waals surface area contributed by atoms with E-state index in [1.807, 2.05) is 6.92 Å². The summed E-state index contributed by atoms with van der Waals surface area (Å²) in [6, 6.07) is 13.8. The molecule has 0 saturated heterocycles. The Hall–Kier alpha value is -3.45. The van der Waals surface area contributed by atoms with Crippen molar-refractivity contribution >= 4 is 40.3 Å². The number of nitrogens with one attached hydrogen (secondary N) is 2. The van der Waals surface area contributed by atoms with E-state index in [0.717, 1.165) is 0 Å². The normalized spacial score (nSPS) is 11.0. The van der Waals surface area contributed by atoms with Gasteiger partial charge in [0.25, 0.3) is 17.4 Å². The number of carbonyl (C=O) groups excluding carboxylic acids is 2. The van der Waals surface area contributed by atoms with Crippen molar-refractivity contribution < 1.29 is 9.59 Å². The number of carbonyl (C=O) groups is 2. The topological polar surface area (TPSA) is 93.1 Å². The number of rotatable bonds is 5. The standard InChI is InChI=1S/C21H19ClN4O3/c1-2-13-26-21(29)16-9-5-4-8-15(16)19(25-26)20(28)24-23-18(27)12-11-14-7-3-6-10-17(14)22/h3-12H,2,13H2,1H3,(H,23,27)(H,24,28)/b12-11+. The van der Waals surface area contributed by atoms with Gasteiger partial charge in [-0.15, -0.1) is 0 Å². The van der Waals surface area contributed by atoms with Crippen molar-refractivity contribution in [2.75, 3.05) is 0 Å². The molecule has 148 valence electrons. The maximum Gasteiger partial charge on any atom is 0.290 e. The molecule has 8 heteroatoms. The minimum atomic E-state index is -0.620. The fourth-order valence-electron chi connectivity index (χ4n) is 2.76. The van der Waals surface area contributed by atoms with Crippen molar-refractivity contribution in [2.24, 2.45) is 0 Å². The van der Waals surface area contributed by atoms with Crippen LogP contribution in [0, 0.1) is 0 Å². The van der Waals surface area contributed by atoms with Gasteiger partial charge in [-0.3, -0.25) is 25.2 Å². The third-order valence-electron chi connectivity index (χ3n) is 4.14. The predicted molar refractivity (Wildman–Crippen MR) is 112 cm³/mol. The molecule has 1 aromatic heterocycles. The number of amides is 2. The summed E-state index contributed by atoms with van der Waals surface area (Å²) in [7, 11) is 0. The molecule has 2 aromatic carbocycles. The first-order valence-electron chi connectivity index (χ1n) is 9.04. The van der Waals surface area contributed by atoms with E-state index in [1.54, 1.807) is 54.6 Å². The van der Waals surface area contributed by atoms with Crippen molar-refractivity contribution in [2.45, 2.75) is 19.9 Å². The number of hydrogen-bond donors (Lipinski definition) is 2. The van der Waals surface area contributed by atoms with Crippen molar-refractivity contribution in [3.63, 3.8) is 0 Å². The van der Waals surface area contributed by atoms with Gasteiger partial charge in [-0.05, 0) is 30.2 Å². The molecule has 0 bridgehead atoms. The lowest BCUT2D eigenvalue weighted by Gasteiger charge is -2.10. The Balaban J connectivity index is 1.78. The summed E-state index contributed by atoms with van der Waals surface area (Å²) in [5.41, 5.74) is 5.11. The first-order valence-corrected chi connectivity index (χ1v) is 9.42. The van der Waals surface area contributed by atoms with Gasteiger partial charge in [0.2, 0.25) is 0 Å². The van der Waals surface area contributed by atoms with Crippen LogP contribution in [0.25, 0.3) is 16.8 Å². The van der Waals surface area contributed by atoms with E-state index >= 15 is 0 Å². The zero-order valence-corrected chi connectivity index (χ0v) is 16.4. The molecule has 0 unspecified atom stereocenters. The van der Waals surface area contributed by atoms with Gasteiger partial charge in [-0.1, -0.05) is 54.9 Å². The SMILES string of the molecule is CCCn1nc(C(=O)NNC(=O)/C=C/c2ccccc2Cl)c2ccccc2c1=O. The summed E-state index contributed by atoms with van der Waals surface area (Å²) < 4.78 is 1.26. The summed E-state index contributed by atoms with van der Waals surface area (Å²) in [6.07, 6.45) is 3.49. The van der Waals surface area contributed by atoms with Crippen LogP contribution < -0.4 is 16.4 Å². The molecule has 0 atom stereocenters. The highest BCUT2D eigenvalue weighted by molar-refractivity contribution is 6.32. The molecule has 0 saturated carbocycles. The maximum atomic E-state index is 12.6. The summed E-state index contributed by atoms with van der Waals surface area (Å²) in [6.45, 7) is 2.30. The Morgan fingerprint density at radius 1 is 1.07 bits per heavy atom. The fraction of sp³-hybridized carbons (Fsp3) is 0.143. The van der Waals surface area contributed by atoms with Gasteiger partial charge in [0.05, 0.1) is 5.39 Å². The minimum Gasteiger partial charge on any atom is -0.268 e. The molecule has 29 heavy (non-hydrogen) atoms. The average molecular weight is 411 g/mol. The number of nitrogens with zero attached hydrogens (tertiary/aromatic N) is 2. The van der Waals surface area contributed by atoms with Crippen LogP contribution in [0.3, 0.4) is 0 Å². The molecule has 0 aliphatic carbocycles. The van der Waals surface area contributed by atoms with Crippen molar-refractivity contribution in [3.05, 3.63) is 81.2 Å². The lowest BCUT2D eigenvalue weighted by atomic mass is 10.1. The van der Waals surface area contributed by atoms with Crippen molar-refractivity contribution in [1.82, 2.24) is 20.6 Å². The second-order valence-electron chi connectivity index (χ2n) is 6.22. The van der Waals surface area contributed by atoms with E-state index in [1.165, 1.54) is 10.8 Å². The molecule has 1 heterocycles. The number of hydrazine groups is 1. The Kier molecular flexibility index (Phi) is 6.41. The van der Waals surface area contributed by atoms with Gasteiger partial charge < -0.3 is 0 Å². The summed E-state index contributed by atoms with van der Waals surface area (Å²) in [5.74, 6) is -1.16. The first-order chi connectivity index (χ1) is 14.0. The van der Waals surface area contributed by atoms with E-state index in [0.29, 0.717) is 34.3 Å². The van der Waals surface area contributed by atoms with Crippen LogP contribution in [0.4, 0.5) is 0 Å². The molecule has 2 amide bonds. The molecule has 7 nitrogen and oxygen atoms in total. The predicted octanol–water partition coefficient (Wildman–Crippen LogP) is 2.93. The van der Waals surface area contributed by atoms with Crippen LogP contribution in [0.2, 0.25) is 5.02 Å². The zero-order valence-electron chi connectivity index (χ0n) is 15.7. The largest absolute Gasteiger partial charge is 0.290 e. The zero-order chi connectivity index (χ0) is 20.8. The van der Waals surface area contributed by atoms with Gasteiger partial charge in [0.15, 0.2) is 5.69 Å². The molecule has 0 aliphatic heterocycles. The van der Waals surface area contributed by atoms with Crippen molar-refractivity contribution in [1.29, 1.82) is 0 Å². The highest BCUT2D eigenvalue weighted by Crippen LogP contribution is 2.16. The van der Waals surface area contributed by atoms with Gasteiger partial charge in [-0.25, -0.2) is 4.68 Å². The van der Waals surface area contributed by atoms with Crippen LogP contribution in [0.5, 0.6) is 0 Å². The van der Waals surface area contributed by atoms with Crippen LogP contribution in [0.15, 0.2) is 59.4 Å². The molecule has 0 fully saturated rings. The van der Waals surface area contributed by atoms with Gasteiger partial charge in [-0.2, -0.15) is 5.10 Å². The number of benzene rings is 2. The minimum absolute atomic E-state index is 0.0593. The van der Waals surface area contributed by atoms with E-state index in [2.05, 4.69) is 16.0 Å². The Bertz CT molecular complexity index is 1150. The molecule has 3 aromatic rings. The molecule has 2 N–H and O–H groups in total. The highest BCUT2D eigenvalue weighted by atomic mass is 35.5. The van der Waals surface area contributed by atoms with Crippen LogP contribution in [0.1, 0.15) is 29.4 Å². The molecule has 3 rings (SSSR count). The Morgan fingerprint density at radius 2 is 1.76 bits per heavy atom. The lowest BCUT2D eigenvalue weighted by Crippen LogP contribution is -2.42. The quantitative estimate of drug-likeness (QED) is 0.499. The number of hydrogen-bond acceptors (Lipinski definition) is 4. The highest BCUT2D eigenvalue weighted by Gasteiger charge is 2.16. The van der Waals surface area contributed by atoms with E-state index < -0.39 is 11.8 Å². The third kappa shape index (κ3) is 4.70. The monoisotopic (exact) mass is 410 g/mol. The third-order valence-corrected chi connectivity index (χ3v) is 4.48. The second kappa shape index (κ2) is 9.16. The van der Waals surface area contributed by atoms with Crippen LogP contribution in [-0.4, -0.2) is 21.6 Å². The van der Waals surface area contributed by atoms with E-state index in [4.69, 9.17) is 11.6 Å². The Morgan fingerprint density at radius 3 is 2.48 bits per heavy atom. The molecular weight excluding hydrogens is 392 g/mol. The van der Waals surface area contributed by atoms with Gasteiger partial charge >= 0.3 is 0 Å². The number of aryl methyl sites for hydroxylation is 1. The van der Waals surface area contributed by atoms with Gasteiger partial charge in [0.1, 0.15) is 0 Å². The maximum absolute atomic E-state index is 12.6.